The zero-order valence-electron chi connectivity index (χ0n) is 29.5. The Morgan fingerprint density at radius 3 is 2.27 bits per heavy atom. The smallest absolute Gasteiger partial charge is 0.340 e. The van der Waals surface area contributed by atoms with E-state index in [4.69, 9.17) is 21.1 Å². The quantitative estimate of drug-likeness (QED) is 0.105. The average Bonchev–Trinajstić information content (AvgIpc) is 3.39. The fraction of sp³-hybridized carbons (Fsp3) is 0.167. The Balaban J connectivity index is 0.885. The number of benzene rings is 5. The molecule has 56 heavy (non-hydrogen) atoms. The maximum absolute atomic E-state index is 14.8. The van der Waals surface area contributed by atoms with Crippen molar-refractivity contribution in [2.75, 3.05) is 31.1 Å². The predicted octanol–water partition coefficient (Wildman–Crippen LogP) is 5.97. The number of nitrogens with one attached hydrogen (secondary N) is 2. The van der Waals surface area contributed by atoms with Gasteiger partial charge in [0.1, 0.15) is 35.4 Å². The third-order valence-corrected chi connectivity index (χ3v) is 10.1. The number of phenolic OH excluding ortho intramolecular Hbond substituents is 2. The zero-order valence-corrected chi connectivity index (χ0v) is 30.2. The Bertz CT molecular complexity index is 2450. The number of aromatic hydroxyl groups is 2. The van der Waals surface area contributed by atoms with E-state index >= 15 is 0 Å². The molecule has 5 aromatic carbocycles. The van der Waals surface area contributed by atoms with Crippen molar-refractivity contribution in [3.8, 4) is 23.0 Å². The second-order valence-electron chi connectivity index (χ2n) is 13.4. The van der Waals surface area contributed by atoms with Crippen molar-refractivity contribution < 1.29 is 43.3 Å². The van der Waals surface area contributed by atoms with E-state index < -0.39 is 23.3 Å². The summed E-state index contributed by atoms with van der Waals surface area (Å²) in [5.74, 6) is -1.86. The molecule has 5 aromatic rings. The van der Waals surface area contributed by atoms with Gasteiger partial charge in [-0.15, -0.1) is 0 Å². The average molecular weight is 775 g/mol. The number of halogens is 2. The van der Waals surface area contributed by atoms with Crippen LogP contribution in [-0.4, -0.2) is 65.8 Å². The van der Waals surface area contributed by atoms with Gasteiger partial charge in [-0.25, -0.2) is 9.18 Å². The Hall–Kier alpha value is -6.73. The normalized spacial score (nSPS) is 14.7. The molecule has 0 fully saturated rings. The summed E-state index contributed by atoms with van der Waals surface area (Å²) in [5, 5.41) is 26.3. The summed E-state index contributed by atoms with van der Waals surface area (Å²) in [5.41, 5.74) is 1.86. The van der Waals surface area contributed by atoms with Crippen LogP contribution in [0.5, 0.6) is 23.0 Å². The third-order valence-electron chi connectivity index (χ3n) is 9.87. The molecule has 3 aliphatic heterocycles. The number of phenols is 2. The summed E-state index contributed by atoms with van der Waals surface area (Å²) in [6.45, 7) is 0.207. The van der Waals surface area contributed by atoms with Crippen LogP contribution in [-0.2, 0) is 19.9 Å². The van der Waals surface area contributed by atoms with Gasteiger partial charge < -0.3 is 35.2 Å². The summed E-state index contributed by atoms with van der Waals surface area (Å²) in [6.07, 6.45) is 0.400. The summed E-state index contributed by atoms with van der Waals surface area (Å²) in [4.78, 5) is 58.4. The molecule has 8 rings (SSSR count). The first-order valence-corrected chi connectivity index (χ1v) is 18.1. The molecular weight excluding hydrogens is 743 g/mol. The molecule has 3 amide bonds. The molecule has 0 aromatic heterocycles. The van der Waals surface area contributed by atoms with Gasteiger partial charge in [-0.3, -0.25) is 19.4 Å². The monoisotopic (exact) mass is 774 g/mol. The van der Waals surface area contributed by atoms with Gasteiger partial charge in [-0.2, -0.15) is 0 Å². The van der Waals surface area contributed by atoms with E-state index in [1.54, 1.807) is 60.7 Å². The molecule has 0 atom stereocenters. The minimum Gasteiger partial charge on any atom is -0.508 e. The number of fused-ring (bicyclic) bond motifs is 7. The molecule has 0 aliphatic carbocycles. The van der Waals surface area contributed by atoms with Gasteiger partial charge in [-0.05, 0) is 73.2 Å². The second kappa shape index (κ2) is 14.5. The molecular formula is C42H32ClFN4O8. The number of esters is 1. The van der Waals surface area contributed by atoms with Crippen molar-refractivity contribution in [2.45, 2.75) is 18.4 Å². The van der Waals surface area contributed by atoms with Crippen molar-refractivity contribution in [1.29, 1.82) is 0 Å². The molecule has 0 radical (unpaired) electrons. The number of ether oxygens (including phenoxy) is 2. The Morgan fingerprint density at radius 1 is 0.821 bits per heavy atom. The topological polar surface area (TPSA) is 167 Å². The Morgan fingerprint density at radius 2 is 1.54 bits per heavy atom. The lowest BCUT2D eigenvalue weighted by Gasteiger charge is -2.36. The lowest BCUT2D eigenvalue weighted by Crippen LogP contribution is -2.39. The SMILES string of the molecule is O=C(CCCNC(=O)c1ccc2c(c1)C(=O)OC21c2ccc(O)cc2Oc2cc(O)ccc21)NCCN1C(=O)CN=C(c2ccccc2F)c2cc(Cl)ccc21. The highest BCUT2D eigenvalue weighted by molar-refractivity contribution is 6.32. The van der Waals surface area contributed by atoms with E-state index in [1.165, 1.54) is 41.3 Å². The maximum atomic E-state index is 14.8. The molecule has 12 nitrogen and oxygen atoms in total. The third kappa shape index (κ3) is 6.45. The fourth-order valence-corrected chi connectivity index (χ4v) is 7.48. The number of rotatable bonds is 9. The van der Waals surface area contributed by atoms with Crippen molar-refractivity contribution in [3.05, 3.63) is 147 Å². The highest BCUT2D eigenvalue weighted by Gasteiger charge is 2.53. The van der Waals surface area contributed by atoms with Crippen LogP contribution < -0.4 is 20.3 Å². The lowest BCUT2D eigenvalue weighted by atomic mass is 9.77. The van der Waals surface area contributed by atoms with Gasteiger partial charge in [0.15, 0.2) is 5.60 Å². The first-order valence-electron chi connectivity index (χ1n) is 17.7. The number of anilines is 1. The predicted molar refractivity (Wildman–Crippen MR) is 203 cm³/mol. The van der Waals surface area contributed by atoms with Crippen LogP contribution >= 0.6 is 11.6 Å². The summed E-state index contributed by atoms with van der Waals surface area (Å²) in [6, 6.07) is 24.7. The van der Waals surface area contributed by atoms with E-state index in [0.29, 0.717) is 45.1 Å². The standard InChI is InChI=1S/C42H32ClFN4O8/c43-24-8-14-34-29(19-24)39(27-4-1-2-5-33(27)44)47-22-38(52)48(34)17-16-45-37(51)6-3-15-46-40(53)23-7-11-30-28(18-23)41(54)56-42(30)31-12-9-25(49)20-35(31)55-36-21-26(50)10-13-32(36)42/h1-2,4-5,7-14,18-21,49-50H,3,6,15-17,22H2,(H,45,51)(H,46,53). The van der Waals surface area contributed by atoms with Crippen LogP contribution in [0.2, 0.25) is 5.02 Å². The fourth-order valence-electron chi connectivity index (χ4n) is 7.31. The lowest BCUT2D eigenvalue weighted by molar-refractivity contribution is -0.121. The van der Waals surface area contributed by atoms with E-state index in [2.05, 4.69) is 15.6 Å². The number of carbonyl (C=O) groups is 4. The van der Waals surface area contributed by atoms with Gasteiger partial charge >= 0.3 is 5.97 Å². The number of nitrogens with zero attached hydrogens (tertiary/aromatic N) is 2. The van der Waals surface area contributed by atoms with Gasteiger partial charge in [0.2, 0.25) is 11.8 Å². The number of hydrogen-bond acceptors (Lipinski definition) is 9. The Labute approximate surface area is 324 Å². The van der Waals surface area contributed by atoms with Crippen molar-refractivity contribution >= 4 is 46.7 Å². The van der Waals surface area contributed by atoms with Crippen LogP contribution in [0.15, 0.2) is 102 Å². The molecule has 14 heteroatoms. The first kappa shape index (κ1) is 36.3. The second-order valence-corrected chi connectivity index (χ2v) is 13.8. The van der Waals surface area contributed by atoms with Crippen LogP contribution in [0.4, 0.5) is 10.1 Å². The molecule has 0 saturated heterocycles. The number of hydrogen-bond donors (Lipinski definition) is 4. The summed E-state index contributed by atoms with van der Waals surface area (Å²) >= 11 is 6.29. The molecule has 3 aliphatic rings. The van der Waals surface area contributed by atoms with E-state index in [0.717, 1.165) is 0 Å². The zero-order chi connectivity index (χ0) is 39.1. The first-order chi connectivity index (χ1) is 27.0. The van der Waals surface area contributed by atoms with Crippen molar-refractivity contribution in [2.24, 2.45) is 4.99 Å². The van der Waals surface area contributed by atoms with E-state index in [1.807, 2.05) is 0 Å². The molecule has 0 unspecified atom stereocenters. The van der Waals surface area contributed by atoms with Gasteiger partial charge in [0.25, 0.3) is 5.91 Å². The van der Waals surface area contributed by atoms with Crippen LogP contribution in [0.1, 0.15) is 61.4 Å². The van der Waals surface area contributed by atoms with Crippen molar-refractivity contribution in [3.63, 3.8) is 0 Å². The molecule has 282 valence electrons. The van der Waals surface area contributed by atoms with E-state index in [-0.39, 0.29) is 84.1 Å². The van der Waals surface area contributed by atoms with Gasteiger partial charge in [0, 0.05) is 76.6 Å². The Kier molecular flexibility index (Phi) is 9.38. The van der Waals surface area contributed by atoms with Crippen LogP contribution in [0, 0.1) is 5.82 Å². The van der Waals surface area contributed by atoms with Crippen LogP contribution in [0.3, 0.4) is 0 Å². The molecule has 0 bridgehead atoms. The molecule has 1 spiro atoms. The highest BCUT2D eigenvalue weighted by atomic mass is 35.5. The number of benzodiazepines with no additional fused rings is 1. The van der Waals surface area contributed by atoms with Crippen LogP contribution in [0.25, 0.3) is 0 Å². The maximum Gasteiger partial charge on any atom is 0.340 e. The van der Waals surface area contributed by atoms with Gasteiger partial charge in [0.05, 0.1) is 17.0 Å². The minimum atomic E-state index is -1.45. The summed E-state index contributed by atoms with van der Waals surface area (Å²) in [7, 11) is 0. The molecule has 4 N–H and O–H groups in total. The van der Waals surface area contributed by atoms with Crippen molar-refractivity contribution in [1.82, 2.24) is 10.6 Å². The number of aliphatic imine (C=N–C) groups is 1. The minimum absolute atomic E-state index is 0.0638. The number of amides is 3. The number of carbonyl (C=O) groups excluding carboxylic acids is 4. The molecule has 0 saturated carbocycles. The molecule has 3 heterocycles. The van der Waals surface area contributed by atoms with E-state index in [9.17, 15) is 33.8 Å². The summed E-state index contributed by atoms with van der Waals surface area (Å²) < 4.78 is 26.8. The highest BCUT2D eigenvalue weighted by Crippen LogP contribution is 2.57. The largest absolute Gasteiger partial charge is 0.508 e. The van der Waals surface area contributed by atoms with Gasteiger partial charge in [-0.1, -0.05) is 29.8 Å².